The van der Waals surface area contributed by atoms with Gasteiger partial charge >= 0.3 is 6.09 Å². The van der Waals surface area contributed by atoms with E-state index in [1.165, 1.54) is 5.56 Å². The van der Waals surface area contributed by atoms with Crippen molar-refractivity contribution in [3.05, 3.63) is 35.9 Å². The average molecular weight is 274 g/mol. The minimum Gasteiger partial charge on any atom is -0.444 e. The normalized spacial score (nSPS) is 12.3. The zero-order valence-corrected chi connectivity index (χ0v) is 12.3. The van der Waals surface area contributed by atoms with E-state index >= 15 is 0 Å². The van der Waals surface area contributed by atoms with Gasteiger partial charge in [0.1, 0.15) is 5.60 Å². The van der Waals surface area contributed by atoms with Crippen LogP contribution >= 0.6 is 0 Å². The Morgan fingerprint density at radius 1 is 1.35 bits per heavy atom. The Bertz CT molecular complexity index is 458. The van der Waals surface area contributed by atoms with Crippen molar-refractivity contribution in [2.45, 2.75) is 51.7 Å². The fourth-order valence-electron chi connectivity index (χ4n) is 1.80. The van der Waals surface area contributed by atoms with Gasteiger partial charge in [-0.25, -0.2) is 4.79 Å². The van der Waals surface area contributed by atoms with Crippen LogP contribution in [0.25, 0.3) is 0 Å². The quantitative estimate of drug-likeness (QED) is 0.894. The van der Waals surface area contributed by atoms with Crippen molar-refractivity contribution in [3.8, 4) is 6.07 Å². The van der Waals surface area contributed by atoms with Crippen LogP contribution in [0.15, 0.2) is 30.3 Å². The van der Waals surface area contributed by atoms with E-state index in [-0.39, 0.29) is 12.5 Å². The Kier molecular flexibility index (Phi) is 6.05. The Morgan fingerprint density at radius 3 is 2.55 bits per heavy atom. The smallest absolute Gasteiger partial charge is 0.407 e. The van der Waals surface area contributed by atoms with Gasteiger partial charge in [-0.1, -0.05) is 30.3 Å². The number of carbonyl (C=O) groups is 1. The number of aryl methyl sites for hydroxylation is 1. The fraction of sp³-hybridized carbons (Fsp3) is 0.500. The van der Waals surface area contributed by atoms with E-state index in [1.54, 1.807) is 0 Å². The number of rotatable bonds is 5. The lowest BCUT2D eigenvalue weighted by Crippen LogP contribution is -2.39. The van der Waals surface area contributed by atoms with Gasteiger partial charge in [0, 0.05) is 6.04 Å². The van der Waals surface area contributed by atoms with Crippen LogP contribution in [0.1, 0.15) is 39.2 Å². The second-order valence-electron chi connectivity index (χ2n) is 5.73. The lowest BCUT2D eigenvalue weighted by atomic mass is 10.0. The van der Waals surface area contributed by atoms with Crippen molar-refractivity contribution in [2.24, 2.45) is 0 Å². The van der Waals surface area contributed by atoms with Crippen LogP contribution in [0, 0.1) is 11.3 Å². The second-order valence-corrected chi connectivity index (χ2v) is 5.73. The minimum atomic E-state index is -0.527. The first-order chi connectivity index (χ1) is 9.40. The summed E-state index contributed by atoms with van der Waals surface area (Å²) < 4.78 is 5.21. The number of nitrogens with one attached hydrogen (secondary N) is 1. The molecule has 0 heterocycles. The molecule has 0 saturated carbocycles. The molecule has 4 heteroatoms. The first-order valence-corrected chi connectivity index (χ1v) is 6.81. The molecule has 0 aromatic heterocycles. The maximum atomic E-state index is 11.7. The molecular weight excluding hydrogens is 252 g/mol. The molecule has 20 heavy (non-hydrogen) atoms. The molecule has 1 rings (SSSR count). The molecule has 0 aliphatic rings. The number of hydrogen-bond acceptors (Lipinski definition) is 3. The van der Waals surface area contributed by atoms with Gasteiger partial charge in [0.25, 0.3) is 0 Å². The highest BCUT2D eigenvalue weighted by atomic mass is 16.6. The van der Waals surface area contributed by atoms with Gasteiger partial charge < -0.3 is 10.1 Å². The van der Waals surface area contributed by atoms with Gasteiger partial charge in [-0.2, -0.15) is 5.26 Å². The predicted molar refractivity (Wildman–Crippen MR) is 78.2 cm³/mol. The van der Waals surface area contributed by atoms with E-state index in [2.05, 4.69) is 11.4 Å². The number of nitrogens with zero attached hydrogens (tertiary/aromatic N) is 1. The van der Waals surface area contributed by atoms with Gasteiger partial charge in [-0.15, -0.1) is 0 Å². The number of carbonyl (C=O) groups excluding carboxylic acids is 1. The highest BCUT2D eigenvalue weighted by Crippen LogP contribution is 2.10. The van der Waals surface area contributed by atoms with Crippen LogP contribution < -0.4 is 5.32 Å². The van der Waals surface area contributed by atoms with Gasteiger partial charge in [-0.05, 0) is 39.2 Å². The number of alkyl carbamates (subject to hydrolysis) is 1. The molecule has 1 amide bonds. The van der Waals surface area contributed by atoms with Crippen LogP contribution in [-0.2, 0) is 11.2 Å². The van der Waals surface area contributed by atoms with E-state index in [0.717, 1.165) is 12.8 Å². The van der Waals surface area contributed by atoms with Gasteiger partial charge in [0.15, 0.2) is 0 Å². The maximum Gasteiger partial charge on any atom is 0.407 e. The van der Waals surface area contributed by atoms with Crippen LogP contribution in [0.2, 0.25) is 0 Å². The van der Waals surface area contributed by atoms with Crippen LogP contribution in [0.3, 0.4) is 0 Å². The summed E-state index contributed by atoms with van der Waals surface area (Å²) in [6, 6.07) is 11.9. The summed E-state index contributed by atoms with van der Waals surface area (Å²) in [4.78, 5) is 11.7. The van der Waals surface area contributed by atoms with E-state index in [0.29, 0.717) is 0 Å². The van der Waals surface area contributed by atoms with Gasteiger partial charge in [0.05, 0.1) is 12.5 Å². The van der Waals surface area contributed by atoms with E-state index in [4.69, 9.17) is 10.00 Å². The number of ether oxygens (including phenoxy) is 1. The molecule has 1 atom stereocenters. The molecule has 0 bridgehead atoms. The van der Waals surface area contributed by atoms with Gasteiger partial charge in [-0.3, -0.25) is 0 Å². The topological polar surface area (TPSA) is 62.1 Å². The summed E-state index contributed by atoms with van der Waals surface area (Å²) in [7, 11) is 0. The van der Waals surface area contributed by atoms with E-state index in [1.807, 2.05) is 51.1 Å². The predicted octanol–water partition coefficient (Wildman–Crippen LogP) is 3.43. The van der Waals surface area contributed by atoms with E-state index in [9.17, 15) is 4.79 Å². The Labute approximate surface area is 120 Å². The molecule has 108 valence electrons. The summed E-state index contributed by atoms with van der Waals surface area (Å²) in [5.41, 5.74) is 0.669. The standard InChI is InChI=1S/C16H22N2O2/c1-16(2,3)20-15(19)18-14(11-12-17)10-9-13-7-5-4-6-8-13/h4-8,14H,9-11H2,1-3H3,(H,18,19)/t14-/m0/s1. The van der Waals surface area contributed by atoms with Crippen molar-refractivity contribution in [3.63, 3.8) is 0 Å². The lowest BCUT2D eigenvalue weighted by molar-refractivity contribution is 0.0503. The first-order valence-electron chi connectivity index (χ1n) is 6.81. The first kappa shape index (κ1) is 16.0. The molecule has 0 aliphatic heterocycles. The summed E-state index contributed by atoms with van der Waals surface area (Å²) >= 11 is 0. The van der Waals surface area contributed by atoms with Crippen molar-refractivity contribution in [1.29, 1.82) is 5.26 Å². The zero-order chi connectivity index (χ0) is 15.0. The average Bonchev–Trinajstić information content (AvgIpc) is 2.35. The molecule has 0 radical (unpaired) electrons. The highest BCUT2D eigenvalue weighted by Gasteiger charge is 2.19. The third-order valence-electron chi connectivity index (χ3n) is 2.68. The summed E-state index contributed by atoms with van der Waals surface area (Å²) in [5.74, 6) is 0. The molecule has 0 fully saturated rings. The zero-order valence-electron chi connectivity index (χ0n) is 12.3. The van der Waals surface area contributed by atoms with Crippen molar-refractivity contribution in [2.75, 3.05) is 0 Å². The number of benzene rings is 1. The van der Waals surface area contributed by atoms with Crippen molar-refractivity contribution >= 4 is 6.09 Å². The highest BCUT2D eigenvalue weighted by molar-refractivity contribution is 5.68. The summed E-state index contributed by atoms with van der Waals surface area (Å²) in [5, 5.41) is 11.6. The number of nitriles is 1. The molecule has 1 aromatic rings. The van der Waals surface area contributed by atoms with Crippen LogP contribution in [-0.4, -0.2) is 17.7 Å². The SMILES string of the molecule is CC(C)(C)OC(=O)N[C@H](CC#N)CCc1ccccc1. The van der Waals surface area contributed by atoms with E-state index < -0.39 is 11.7 Å². The Hall–Kier alpha value is -2.02. The molecule has 0 unspecified atom stereocenters. The third-order valence-corrected chi connectivity index (χ3v) is 2.68. The fourth-order valence-corrected chi connectivity index (χ4v) is 1.80. The largest absolute Gasteiger partial charge is 0.444 e. The molecule has 4 nitrogen and oxygen atoms in total. The molecule has 1 N–H and O–H groups in total. The molecular formula is C16H22N2O2. The lowest BCUT2D eigenvalue weighted by Gasteiger charge is -2.22. The minimum absolute atomic E-state index is 0.185. The number of amides is 1. The summed E-state index contributed by atoms with van der Waals surface area (Å²) in [6.07, 6.45) is 1.36. The molecule has 0 spiro atoms. The van der Waals surface area contributed by atoms with Crippen LogP contribution in [0.5, 0.6) is 0 Å². The Morgan fingerprint density at radius 2 is 2.00 bits per heavy atom. The van der Waals surface area contributed by atoms with Crippen LogP contribution in [0.4, 0.5) is 4.79 Å². The summed E-state index contributed by atoms with van der Waals surface area (Å²) in [6.45, 7) is 5.45. The Balaban J connectivity index is 2.48. The van der Waals surface area contributed by atoms with Crippen molar-refractivity contribution < 1.29 is 9.53 Å². The molecule has 0 saturated heterocycles. The monoisotopic (exact) mass is 274 g/mol. The van der Waals surface area contributed by atoms with Crippen molar-refractivity contribution in [1.82, 2.24) is 5.32 Å². The second kappa shape index (κ2) is 7.54. The molecule has 1 aromatic carbocycles. The third kappa shape index (κ3) is 6.79. The maximum absolute atomic E-state index is 11.7. The van der Waals surface area contributed by atoms with Gasteiger partial charge in [0.2, 0.25) is 0 Å². The number of hydrogen-bond donors (Lipinski definition) is 1. The molecule has 0 aliphatic carbocycles.